The quantitative estimate of drug-likeness (QED) is 0.320. The number of hydrogen-bond donors (Lipinski definition) is 2. The number of aliphatic imine (C=N–C) groups is 1. The second-order valence-electron chi connectivity index (χ2n) is 9.20. The Bertz CT molecular complexity index is 490. The minimum atomic E-state index is 0. The number of guanidine groups is 1. The molecule has 6 nitrogen and oxygen atoms in total. The van der Waals surface area contributed by atoms with Gasteiger partial charge >= 0.3 is 0 Å². The first kappa shape index (κ1) is 25.1. The molecule has 0 spiro atoms. The molecule has 2 saturated heterocycles. The molecule has 0 radical (unpaired) electrons. The van der Waals surface area contributed by atoms with E-state index < -0.39 is 0 Å². The van der Waals surface area contributed by atoms with Crippen LogP contribution in [0.2, 0.25) is 0 Å². The van der Waals surface area contributed by atoms with Crippen LogP contribution in [0.5, 0.6) is 0 Å². The Morgan fingerprint density at radius 2 is 1.83 bits per heavy atom. The number of likely N-dealkylation sites (N-methyl/N-ethyl adjacent to an activating group) is 1. The van der Waals surface area contributed by atoms with Crippen LogP contribution in [0.15, 0.2) is 4.99 Å². The van der Waals surface area contributed by atoms with Crippen molar-refractivity contribution >= 4 is 29.9 Å². The monoisotopic (exact) mass is 521 g/mol. The lowest BCUT2D eigenvalue weighted by Gasteiger charge is -2.42. The molecule has 1 saturated carbocycles. The molecular weight excluding hydrogens is 477 g/mol. The molecule has 1 aliphatic carbocycles. The van der Waals surface area contributed by atoms with Crippen molar-refractivity contribution in [2.45, 2.75) is 82.3 Å². The van der Waals surface area contributed by atoms with Crippen LogP contribution < -0.4 is 10.6 Å². The van der Waals surface area contributed by atoms with Gasteiger partial charge in [-0.1, -0.05) is 19.3 Å². The van der Waals surface area contributed by atoms with Crippen LogP contribution in [0.3, 0.4) is 0 Å². The molecule has 2 N–H and O–H groups in total. The Morgan fingerprint density at radius 1 is 1.10 bits per heavy atom. The first-order valence-corrected chi connectivity index (χ1v) is 11.7. The SMILES string of the molecule is CCNC(=NCC1(N(C)C)CCOCC1)NC1CCCN(C2CCCCC2)C1.I. The molecule has 3 fully saturated rings. The van der Waals surface area contributed by atoms with Crippen molar-refractivity contribution in [3.8, 4) is 0 Å². The van der Waals surface area contributed by atoms with Gasteiger partial charge in [-0.15, -0.1) is 24.0 Å². The largest absolute Gasteiger partial charge is 0.381 e. The molecule has 2 heterocycles. The third-order valence-corrected chi connectivity index (χ3v) is 7.13. The van der Waals surface area contributed by atoms with E-state index in [4.69, 9.17) is 9.73 Å². The van der Waals surface area contributed by atoms with Gasteiger partial charge in [-0.25, -0.2) is 0 Å². The molecular formula is C22H44IN5O. The summed E-state index contributed by atoms with van der Waals surface area (Å²) in [5.74, 6) is 0.991. The summed E-state index contributed by atoms with van der Waals surface area (Å²) >= 11 is 0. The van der Waals surface area contributed by atoms with E-state index >= 15 is 0 Å². The fraction of sp³-hybridized carbons (Fsp3) is 0.955. The van der Waals surface area contributed by atoms with Crippen LogP contribution in [0.25, 0.3) is 0 Å². The van der Waals surface area contributed by atoms with Crippen LogP contribution in [0.4, 0.5) is 0 Å². The summed E-state index contributed by atoms with van der Waals surface area (Å²) in [7, 11) is 4.37. The molecule has 170 valence electrons. The number of nitrogens with zero attached hydrogens (tertiary/aromatic N) is 3. The fourth-order valence-electron chi connectivity index (χ4n) is 5.14. The topological polar surface area (TPSA) is 52.1 Å². The molecule has 0 amide bonds. The van der Waals surface area contributed by atoms with Crippen molar-refractivity contribution in [3.05, 3.63) is 0 Å². The van der Waals surface area contributed by atoms with E-state index in [2.05, 4.69) is 41.5 Å². The highest BCUT2D eigenvalue weighted by Crippen LogP contribution is 2.27. The van der Waals surface area contributed by atoms with Crippen molar-refractivity contribution in [1.82, 2.24) is 20.4 Å². The molecule has 0 bridgehead atoms. The van der Waals surface area contributed by atoms with E-state index in [1.807, 2.05) is 0 Å². The van der Waals surface area contributed by atoms with Gasteiger partial charge in [0.2, 0.25) is 0 Å². The molecule has 1 atom stereocenters. The van der Waals surface area contributed by atoms with Crippen molar-refractivity contribution in [3.63, 3.8) is 0 Å². The second kappa shape index (κ2) is 12.7. The molecule has 3 aliphatic rings. The molecule has 29 heavy (non-hydrogen) atoms. The minimum absolute atomic E-state index is 0. The molecule has 7 heteroatoms. The first-order chi connectivity index (χ1) is 13.6. The zero-order chi connectivity index (χ0) is 19.8. The number of hydrogen-bond acceptors (Lipinski definition) is 4. The Hall–Kier alpha value is -0.120. The zero-order valence-electron chi connectivity index (χ0n) is 18.9. The lowest BCUT2D eigenvalue weighted by atomic mass is 9.89. The number of halogens is 1. The van der Waals surface area contributed by atoms with Crippen molar-refractivity contribution in [2.75, 3.05) is 53.5 Å². The molecule has 0 aromatic heterocycles. The van der Waals surface area contributed by atoms with Gasteiger partial charge in [-0.05, 0) is 66.1 Å². The van der Waals surface area contributed by atoms with E-state index in [9.17, 15) is 0 Å². The Kier molecular flexibility index (Phi) is 11.0. The van der Waals surface area contributed by atoms with E-state index in [1.54, 1.807) is 0 Å². The van der Waals surface area contributed by atoms with Crippen LogP contribution in [0.1, 0.15) is 64.7 Å². The standard InChI is InChI=1S/C22H43N5O.HI/c1-4-23-21(24-18-22(26(2)3)12-15-28-16-13-22)25-19-9-8-14-27(17-19)20-10-6-5-7-11-20;/h19-20H,4-18H2,1-3H3,(H2,23,24,25);1H. The Balaban J connectivity index is 0.00000300. The van der Waals surface area contributed by atoms with Crippen LogP contribution in [-0.2, 0) is 4.74 Å². The van der Waals surface area contributed by atoms with E-state index in [1.165, 1.54) is 58.0 Å². The van der Waals surface area contributed by atoms with Crippen LogP contribution >= 0.6 is 24.0 Å². The van der Waals surface area contributed by atoms with Crippen molar-refractivity contribution < 1.29 is 4.74 Å². The summed E-state index contributed by atoms with van der Waals surface area (Å²) in [4.78, 5) is 10.1. The zero-order valence-corrected chi connectivity index (χ0v) is 21.2. The van der Waals surface area contributed by atoms with Crippen LogP contribution in [-0.4, -0.2) is 86.9 Å². The molecule has 0 aromatic rings. The predicted molar refractivity (Wildman–Crippen MR) is 132 cm³/mol. The average molecular weight is 522 g/mol. The minimum Gasteiger partial charge on any atom is -0.381 e. The highest BCUT2D eigenvalue weighted by Gasteiger charge is 2.35. The molecule has 1 unspecified atom stereocenters. The summed E-state index contributed by atoms with van der Waals surface area (Å²) in [5.41, 5.74) is 0.126. The van der Waals surface area contributed by atoms with Crippen molar-refractivity contribution in [2.24, 2.45) is 4.99 Å². The highest BCUT2D eigenvalue weighted by atomic mass is 127. The lowest BCUT2D eigenvalue weighted by Crippen LogP contribution is -2.55. The predicted octanol–water partition coefficient (Wildman–Crippen LogP) is 3.07. The number of piperidine rings is 1. The van der Waals surface area contributed by atoms with Gasteiger partial charge in [0.15, 0.2) is 5.96 Å². The third-order valence-electron chi connectivity index (χ3n) is 7.13. The molecule has 3 rings (SSSR count). The second-order valence-corrected chi connectivity index (χ2v) is 9.20. The van der Waals surface area contributed by atoms with Crippen LogP contribution in [0, 0.1) is 0 Å². The smallest absolute Gasteiger partial charge is 0.191 e. The normalized spacial score (nSPS) is 26.8. The van der Waals surface area contributed by atoms with E-state index in [-0.39, 0.29) is 29.5 Å². The third kappa shape index (κ3) is 7.21. The van der Waals surface area contributed by atoms with Gasteiger partial charge in [0.05, 0.1) is 6.54 Å². The van der Waals surface area contributed by atoms with Gasteiger partial charge in [-0.2, -0.15) is 0 Å². The summed E-state index contributed by atoms with van der Waals surface area (Å²) in [6, 6.07) is 1.33. The maximum Gasteiger partial charge on any atom is 0.191 e. The number of ether oxygens (including phenoxy) is 1. The molecule has 2 aliphatic heterocycles. The summed E-state index contributed by atoms with van der Waals surface area (Å²) < 4.78 is 5.61. The number of nitrogens with one attached hydrogen (secondary N) is 2. The van der Waals surface area contributed by atoms with Gasteiger partial charge in [-0.3, -0.25) is 9.89 Å². The first-order valence-electron chi connectivity index (χ1n) is 11.7. The Morgan fingerprint density at radius 3 is 2.48 bits per heavy atom. The van der Waals surface area contributed by atoms with Gasteiger partial charge in [0.1, 0.15) is 0 Å². The summed E-state index contributed by atoms with van der Waals surface area (Å²) in [6.45, 7) is 8.03. The van der Waals surface area contributed by atoms with Gasteiger partial charge < -0.3 is 20.3 Å². The Labute approximate surface area is 195 Å². The lowest BCUT2D eigenvalue weighted by molar-refractivity contribution is -0.00256. The summed E-state index contributed by atoms with van der Waals surface area (Å²) in [5, 5.41) is 7.26. The fourth-order valence-corrected chi connectivity index (χ4v) is 5.14. The summed E-state index contributed by atoms with van der Waals surface area (Å²) in [6.07, 6.45) is 11.7. The molecule has 0 aromatic carbocycles. The maximum atomic E-state index is 5.61. The number of likely N-dealkylation sites (tertiary alicyclic amines) is 1. The highest BCUT2D eigenvalue weighted by molar-refractivity contribution is 14.0. The van der Waals surface area contributed by atoms with E-state index in [0.29, 0.717) is 6.04 Å². The van der Waals surface area contributed by atoms with Gasteiger partial charge in [0, 0.05) is 43.9 Å². The van der Waals surface area contributed by atoms with Crippen molar-refractivity contribution in [1.29, 1.82) is 0 Å². The van der Waals surface area contributed by atoms with Gasteiger partial charge in [0.25, 0.3) is 0 Å². The van der Waals surface area contributed by atoms with E-state index in [0.717, 1.165) is 51.1 Å². The average Bonchev–Trinajstić information content (AvgIpc) is 2.74. The maximum absolute atomic E-state index is 5.61. The number of rotatable bonds is 6.